The first-order chi connectivity index (χ1) is 59.8. The minimum absolute atomic E-state index is 0.00620. The van der Waals surface area contributed by atoms with Crippen LogP contribution in [0.25, 0.3) is 11.1 Å². The normalized spacial score (nSPS) is 29.6. The van der Waals surface area contributed by atoms with Crippen LogP contribution in [0.1, 0.15) is 197 Å². The van der Waals surface area contributed by atoms with Gasteiger partial charge in [0.2, 0.25) is 65.2 Å². The number of nitrogens with two attached hydrogens (primary N) is 3. The molecule has 688 valence electrons. The highest BCUT2D eigenvalue weighted by molar-refractivity contribution is 6.32. The van der Waals surface area contributed by atoms with Gasteiger partial charge in [-0.2, -0.15) is 0 Å². The molecular formula is C87H117ClN12O26. The molecule has 24 N–H and O–H groups in total. The maximum absolute atomic E-state index is 16.6. The number of unbranched alkanes of at least 4 members (excludes halogenated alkanes) is 7. The van der Waals surface area contributed by atoms with Crippen molar-refractivity contribution in [3.63, 3.8) is 0 Å². The number of likely N-dealkylation sites (N-methyl/N-ethyl adjacent to an activating group) is 1. The number of phenols is 3. The van der Waals surface area contributed by atoms with E-state index in [1.54, 1.807) is 0 Å². The number of halogens is 1. The van der Waals surface area contributed by atoms with Gasteiger partial charge in [0.1, 0.15) is 95.5 Å². The molecule has 5 aromatic carbocycles. The third kappa shape index (κ3) is 23.2. The summed E-state index contributed by atoms with van der Waals surface area (Å²) in [4.78, 5) is 136. The smallest absolute Gasteiger partial charge is 0.248 e. The zero-order valence-electron chi connectivity index (χ0n) is 71.3. The fourth-order valence-electron chi connectivity index (χ4n) is 16.3. The largest absolute Gasteiger partial charge is 0.508 e. The van der Waals surface area contributed by atoms with Gasteiger partial charge in [-0.1, -0.05) is 95.2 Å². The molecule has 126 heavy (non-hydrogen) atoms. The monoisotopic (exact) mass is 1780 g/mol. The fourth-order valence-corrected chi connectivity index (χ4v) is 16.6. The van der Waals surface area contributed by atoms with E-state index in [0.717, 1.165) is 87.1 Å². The van der Waals surface area contributed by atoms with E-state index < -0.39 is 245 Å². The number of amides is 9. The van der Waals surface area contributed by atoms with Gasteiger partial charge >= 0.3 is 0 Å². The number of benzene rings is 5. The second-order valence-electron chi connectivity index (χ2n) is 34.0. The summed E-state index contributed by atoms with van der Waals surface area (Å²) >= 11 is 7.19. The lowest BCUT2D eigenvalue weighted by Gasteiger charge is -2.47. The molecule has 0 aliphatic carbocycles. The van der Waals surface area contributed by atoms with E-state index in [0.29, 0.717) is 19.3 Å². The van der Waals surface area contributed by atoms with Crippen molar-refractivity contribution in [1.29, 1.82) is 0 Å². The van der Waals surface area contributed by atoms with E-state index in [2.05, 4.69) is 54.8 Å². The third-order valence-corrected chi connectivity index (χ3v) is 23.6. The summed E-state index contributed by atoms with van der Waals surface area (Å²) in [7, 11) is 1.48. The Kier molecular flexibility index (Phi) is 32.3. The highest BCUT2D eigenvalue weighted by Gasteiger charge is 2.53. The molecule has 13 rings (SSSR count). The van der Waals surface area contributed by atoms with Gasteiger partial charge in [0.05, 0.1) is 48.5 Å². The van der Waals surface area contributed by atoms with E-state index >= 15 is 28.8 Å². The predicted octanol–water partition coefficient (Wildman–Crippen LogP) is 2.76. The number of aromatic hydroxyl groups is 3. The van der Waals surface area contributed by atoms with Crippen LogP contribution in [0, 0.1) is 5.92 Å². The number of carbonyl (C=O) groups excluding carboxylic acids is 9. The van der Waals surface area contributed by atoms with Gasteiger partial charge in [-0.25, -0.2) is 0 Å². The van der Waals surface area contributed by atoms with Crippen LogP contribution in [-0.4, -0.2) is 229 Å². The van der Waals surface area contributed by atoms with Crippen LogP contribution in [0.15, 0.2) is 84.9 Å². The number of aliphatic hydroxyl groups is 6. The minimum atomic E-state index is -2.35. The molecule has 0 saturated carbocycles. The average Bonchev–Trinajstić information content (AvgIpc) is 0.763. The summed E-state index contributed by atoms with van der Waals surface area (Å²) in [5.41, 5.74) is 14.3. The van der Waals surface area contributed by atoms with Gasteiger partial charge in [-0.05, 0) is 149 Å². The molecule has 22 atom stereocenters. The molecule has 11 bridgehead atoms. The molecule has 0 aromatic heterocycles. The van der Waals surface area contributed by atoms with Crippen LogP contribution in [0.3, 0.4) is 0 Å². The zero-order valence-corrected chi connectivity index (χ0v) is 72.1. The topological polar surface area (TPSA) is 596 Å². The number of hydrogen-bond acceptors (Lipinski definition) is 29. The zero-order chi connectivity index (χ0) is 91.5. The Bertz CT molecular complexity index is 4740. The number of hydrogen-bond donors (Lipinski definition) is 21. The Morgan fingerprint density at radius 1 is 0.635 bits per heavy atom. The minimum Gasteiger partial charge on any atom is -0.508 e. The van der Waals surface area contributed by atoms with Crippen molar-refractivity contribution in [3.8, 4) is 57.1 Å². The summed E-state index contributed by atoms with van der Waals surface area (Å²) in [5, 5.41) is 129. The van der Waals surface area contributed by atoms with Crippen molar-refractivity contribution >= 4 is 64.8 Å². The lowest BCUT2D eigenvalue weighted by atomic mass is 9.86. The Hall–Kier alpha value is -10.1. The summed E-state index contributed by atoms with van der Waals surface area (Å²) in [6.45, 7) is 11.0. The van der Waals surface area contributed by atoms with E-state index in [-0.39, 0.29) is 89.4 Å². The van der Waals surface area contributed by atoms with Crippen molar-refractivity contribution in [2.45, 2.75) is 272 Å². The van der Waals surface area contributed by atoms with Crippen LogP contribution >= 0.6 is 11.6 Å². The number of ether oxygens (including phenoxy) is 8. The second kappa shape index (κ2) is 42.2. The fraction of sp³-hybridized carbons (Fsp3) is 0.552. The van der Waals surface area contributed by atoms with Crippen LogP contribution in [0.2, 0.25) is 5.02 Å². The second-order valence-corrected chi connectivity index (χ2v) is 34.4. The van der Waals surface area contributed by atoms with Gasteiger partial charge in [-0.15, -0.1) is 0 Å². The molecule has 9 amide bonds. The summed E-state index contributed by atoms with van der Waals surface area (Å²) < 4.78 is 52.4. The predicted molar refractivity (Wildman–Crippen MR) is 451 cm³/mol. The van der Waals surface area contributed by atoms with Gasteiger partial charge in [0.15, 0.2) is 30.2 Å². The van der Waals surface area contributed by atoms with Crippen molar-refractivity contribution in [2.24, 2.45) is 23.1 Å². The Morgan fingerprint density at radius 3 is 1.87 bits per heavy atom. The van der Waals surface area contributed by atoms with Crippen LogP contribution in [0.5, 0.6) is 46.0 Å². The summed E-state index contributed by atoms with van der Waals surface area (Å²) in [6.07, 6.45) is -14.3. The number of carbonyl (C=O) groups is 9. The maximum atomic E-state index is 16.6. The number of fused-ring (bicyclic) bond motifs is 15. The van der Waals surface area contributed by atoms with Crippen molar-refractivity contribution in [1.82, 2.24) is 47.9 Å². The van der Waals surface area contributed by atoms with Gasteiger partial charge < -0.3 is 149 Å². The molecule has 38 nitrogen and oxygen atoms in total. The van der Waals surface area contributed by atoms with Gasteiger partial charge in [0.25, 0.3) is 0 Å². The Morgan fingerprint density at radius 2 is 1.24 bits per heavy atom. The molecule has 39 heteroatoms. The van der Waals surface area contributed by atoms with Crippen LogP contribution < -0.4 is 79.3 Å². The molecule has 8 aliphatic rings. The molecule has 3 saturated heterocycles. The molecule has 8 aliphatic heterocycles. The SMILES string of the molecule is CCCCCCCCCC(=O)NCCCCNC(=O)[C@H]1NC(=O)[C@H]2NC(=O)[C@H](NC(=O)[C@@H]3NC(=O)[C@H](CC(N)=O)NC(=O)[C@H](NC(=O)[C@@H](CC(C)C)NC)C(O)c4ccc(c(Cl)c4)Oc4cc3cc(c4O[C@@H]3O[C@H](CO)[C@@H](O)[C@H](O)[C@H]3O[C@H]3C[C@](C)(N)[C@@H](O)[C@H](C)O3)Oc3ccc(cc3)[C@H]2O[C@H]2C[C@](C)(N)[C@@H](O)[C@H](C)O2)c2ccc(O)c(c2)-c2c(O)cc(O)cc21. The molecular weight excluding hydrogens is 1660 g/mol. The number of primary amides is 1. The number of nitrogens with one attached hydrogen (secondary N) is 9. The van der Waals surface area contributed by atoms with Gasteiger partial charge in [-0.3, -0.25) is 43.2 Å². The molecule has 1 unspecified atom stereocenters. The number of phenolic OH excluding ortho intramolecular Hbond substituents is 3. The standard InChI is InChI=1S/C87H117ClN12O26/c1-9-10-11-12-13-14-15-18-61(106)93-27-16-17-28-94-80(114)67-50-34-47(102)35-55(104)64(50)49-30-44(21-25-54(49)103)65-81(115)100-69(84(118)98-67)73(124-62-37-86(6,90)76(110)41(4)119-62)43-19-23-48(24-20-43)121-57-32-46-33-58(74(57)126-85-75(72(109)71(108)59(39-101)123-85)125-63-38-87(7,91)77(111)42(5)120-63)122-56-26-22-45(31-51(56)88)70(107)68(99-78(112)52(92-8)29-40(2)3)83(117)95-53(36-60(89)105)79(113)96-66(46)82(116)97-65/h19-26,30-35,40-42,52-53,59,62-63,65-73,75-77,85,92,101-104,107-111H,9-18,27-29,36-39,90-91H2,1-8H3,(H2,89,105)(H,93,106)(H,94,114)(H,95,117)(H,96,113)(H,97,116)(H,98,118)(H,99,112)(H,100,115)/t41-,42-,52+,53-,59+,62-,63-,65+,66+,67-,68+,69-,70?,71+,72-,73+,75+,76-,77-,85-,86-,87-/m0/s1. The molecule has 0 spiro atoms. The first-order valence-corrected chi connectivity index (χ1v) is 42.8. The molecule has 8 heterocycles. The molecule has 0 radical (unpaired) electrons. The highest BCUT2D eigenvalue weighted by Crippen LogP contribution is 2.50. The maximum Gasteiger partial charge on any atom is 0.248 e. The van der Waals surface area contributed by atoms with Crippen molar-refractivity contribution in [2.75, 3.05) is 26.7 Å². The lowest BCUT2D eigenvalue weighted by molar-refractivity contribution is -0.333. The number of rotatable bonds is 28. The first kappa shape index (κ1) is 96.5. The first-order valence-electron chi connectivity index (χ1n) is 42.5. The average molecular weight is 1780 g/mol. The number of aliphatic hydroxyl groups excluding tert-OH is 6. The quantitative estimate of drug-likeness (QED) is 0.0320. The van der Waals surface area contributed by atoms with Gasteiger partial charge in [0, 0.05) is 60.6 Å². The van der Waals surface area contributed by atoms with Crippen molar-refractivity contribution in [3.05, 3.63) is 118 Å². The Balaban J connectivity index is 1.11. The molecule has 5 aromatic rings. The van der Waals surface area contributed by atoms with E-state index in [9.17, 15) is 60.3 Å². The van der Waals surface area contributed by atoms with Crippen LogP contribution in [-0.2, 0) is 66.8 Å². The van der Waals surface area contributed by atoms with E-state index in [4.69, 9.17) is 66.7 Å². The summed E-state index contributed by atoms with van der Waals surface area (Å²) in [5.74, 6) is -14.4. The van der Waals surface area contributed by atoms with E-state index in [1.807, 2.05) is 13.8 Å². The molecule has 3 fully saturated rings. The lowest BCUT2D eigenvalue weighted by Crippen LogP contribution is -2.64. The van der Waals surface area contributed by atoms with Crippen LogP contribution in [0.4, 0.5) is 0 Å². The highest BCUT2D eigenvalue weighted by atomic mass is 35.5. The third-order valence-electron chi connectivity index (χ3n) is 23.3. The Labute approximate surface area is 732 Å². The van der Waals surface area contributed by atoms with E-state index in [1.165, 1.54) is 71.1 Å². The summed E-state index contributed by atoms with van der Waals surface area (Å²) in [6, 6.07) is 2.50. The van der Waals surface area contributed by atoms with Crippen molar-refractivity contribution < 1.29 is 127 Å².